The number of hydrogen-bond donors (Lipinski definition) is 1. The van der Waals surface area contributed by atoms with Crippen molar-refractivity contribution in [1.29, 1.82) is 0 Å². The fraction of sp³-hybridized carbons (Fsp3) is 0.400. The van der Waals surface area contributed by atoms with Gasteiger partial charge in [0.05, 0.1) is 12.8 Å². The van der Waals surface area contributed by atoms with Crippen LogP contribution in [0.4, 0.5) is 0 Å². The topological polar surface area (TPSA) is 66.8 Å². The summed E-state index contributed by atoms with van der Waals surface area (Å²) in [5.41, 5.74) is 0.931. The van der Waals surface area contributed by atoms with Crippen LogP contribution in [0.5, 0.6) is 0 Å². The Bertz CT molecular complexity index is 595. The highest BCUT2D eigenvalue weighted by molar-refractivity contribution is 5.84. The molecular formula is C15H17NO4. The minimum Gasteiger partial charge on any atom is -0.475 e. The van der Waals surface area contributed by atoms with Crippen LogP contribution in [0.1, 0.15) is 40.5 Å². The van der Waals surface area contributed by atoms with Gasteiger partial charge in [-0.15, -0.1) is 0 Å². The first-order valence-electron chi connectivity index (χ1n) is 6.72. The molecule has 1 fully saturated rings. The smallest absolute Gasteiger partial charge is 0.371 e. The number of hydrogen-bond acceptors (Lipinski definition) is 4. The van der Waals surface area contributed by atoms with Crippen molar-refractivity contribution in [2.24, 2.45) is 0 Å². The van der Waals surface area contributed by atoms with Crippen molar-refractivity contribution >= 4 is 5.97 Å². The SMILES string of the molecule is Cc1oc(C(=O)O)cc1CN(Cc1ccco1)C1CC1. The lowest BCUT2D eigenvalue weighted by Gasteiger charge is -2.20. The lowest BCUT2D eigenvalue weighted by atomic mass is 10.2. The van der Waals surface area contributed by atoms with Crippen molar-refractivity contribution < 1.29 is 18.7 Å². The second-order valence-electron chi connectivity index (χ2n) is 5.21. The first-order valence-corrected chi connectivity index (χ1v) is 6.72. The molecule has 106 valence electrons. The summed E-state index contributed by atoms with van der Waals surface area (Å²) in [6, 6.07) is 6.02. The average molecular weight is 275 g/mol. The van der Waals surface area contributed by atoms with E-state index in [1.165, 1.54) is 12.8 Å². The molecule has 0 radical (unpaired) electrons. The van der Waals surface area contributed by atoms with Gasteiger partial charge >= 0.3 is 5.97 Å². The minimum atomic E-state index is -1.02. The van der Waals surface area contributed by atoms with Gasteiger partial charge in [0.2, 0.25) is 5.76 Å². The van der Waals surface area contributed by atoms with Crippen molar-refractivity contribution in [2.45, 2.75) is 38.9 Å². The summed E-state index contributed by atoms with van der Waals surface area (Å²) in [6.07, 6.45) is 4.04. The van der Waals surface area contributed by atoms with Crippen LogP contribution in [0.2, 0.25) is 0 Å². The summed E-state index contributed by atoms with van der Waals surface area (Å²) in [7, 11) is 0. The zero-order chi connectivity index (χ0) is 14.1. The van der Waals surface area contributed by atoms with Gasteiger partial charge in [0.25, 0.3) is 0 Å². The maximum atomic E-state index is 10.9. The van der Waals surface area contributed by atoms with Gasteiger partial charge in [-0.1, -0.05) is 0 Å². The van der Waals surface area contributed by atoms with E-state index in [4.69, 9.17) is 13.9 Å². The van der Waals surface area contributed by atoms with Gasteiger partial charge in [0.1, 0.15) is 11.5 Å². The Morgan fingerprint density at radius 3 is 2.80 bits per heavy atom. The van der Waals surface area contributed by atoms with Gasteiger partial charge in [0.15, 0.2) is 0 Å². The van der Waals surface area contributed by atoms with Crippen molar-refractivity contribution in [3.63, 3.8) is 0 Å². The molecular weight excluding hydrogens is 258 g/mol. The third kappa shape index (κ3) is 2.77. The van der Waals surface area contributed by atoms with E-state index in [-0.39, 0.29) is 5.76 Å². The molecule has 0 bridgehead atoms. The lowest BCUT2D eigenvalue weighted by Crippen LogP contribution is -2.24. The molecule has 20 heavy (non-hydrogen) atoms. The molecule has 1 aliphatic carbocycles. The normalized spacial score (nSPS) is 14.9. The molecule has 2 aromatic rings. The largest absolute Gasteiger partial charge is 0.475 e. The number of aryl methyl sites for hydroxylation is 1. The Labute approximate surface area is 116 Å². The molecule has 0 aliphatic heterocycles. The molecule has 5 heteroatoms. The standard InChI is InChI=1S/C15H17NO4/c1-10-11(7-14(20-10)15(17)18)8-16(12-4-5-12)9-13-3-2-6-19-13/h2-3,6-7,12H,4-5,8-9H2,1H3,(H,17,18). The van der Waals surface area contributed by atoms with E-state index in [9.17, 15) is 4.79 Å². The molecule has 0 atom stereocenters. The monoisotopic (exact) mass is 275 g/mol. The van der Waals surface area contributed by atoms with Crippen molar-refractivity contribution in [3.8, 4) is 0 Å². The number of furan rings is 2. The van der Waals surface area contributed by atoms with Gasteiger partial charge < -0.3 is 13.9 Å². The zero-order valence-corrected chi connectivity index (χ0v) is 11.3. The second-order valence-corrected chi connectivity index (χ2v) is 5.21. The Hall–Kier alpha value is -2.01. The van der Waals surface area contributed by atoms with Gasteiger partial charge in [-0.05, 0) is 38.0 Å². The highest BCUT2D eigenvalue weighted by atomic mass is 16.4. The van der Waals surface area contributed by atoms with Crippen LogP contribution >= 0.6 is 0 Å². The maximum absolute atomic E-state index is 10.9. The minimum absolute atomic E-state index is 0.00578. The summed E-state index contributed by atoms with van der Waals surface area (Å²) >= 11 is 0. The Morgan fingerprint density at radius 2 is 2.25 bits per heavy atom. The van der Waals surface area contributed by atoms with Gasteiger partial charge in [-0.3, -0.25) is 4.90 Å². The summed E-state index contributed by atoms with van der Waals surface area (Å²) in [4.78, 5) is 13.2. The highest BCUT2D eigenvalue weighted by Gasteiger charge is 2.30. The second kappa shape index (κ2) is 5.17. The molecule has 2 aromatic heterocycles. The molecule has 1 N–H and O–H groups in total. The van der Waals surface area contributed by atoms with E-state index >= 15 is 0 Å². The number of carboxylic acids is 1. The first kappa shape index (κ1) is 13.0. The van der Waals surface area contributed by atoms with Crippen LogP contribution in [-0.2, 0) is 13.1 Å². The average Bonchev–Trinajstić information content (AvgIpc) is 3.01. The van der Waals surface area contributed by atoms with Crippen molar-refractivity contribution in [3.05, 3.63) is 47.3 Å². The van der Waals surface area contributed by atoms with Gasteiger partial charge in [0, 0.05) is 18.2 Å². The number of carboxylic acid groups (broad SMARTS) is 1. The highest BCUT2D eigenvalue weighted by Crippen LogP contribution is 2.31. The number of rotatable bonds is 6. The number of carbonyl (C=O) groups is 1. The van der Waals surface area contributed by atoms with Gasteiger partial charge in [-0.2, -0.15) is 0 Å². The predicted octanol–water partition coefficient (Wildman–Crippen LogP) is 3.04. The van der Waals surface area contributed by atoms with Crippen molar-refractivity contribution in [2.75, 3.05) is 0 Å². The number of nitrogens with zero attached hydrogens (tertiary/aromatic N) is 1. The predicted molar refractivity (Wildman–Crippen MR) is 71.4 cm³/mol. The van der Waals surface area contributed by atoms with Crippen LogP contribution in [0.15, 0.2) is 33.3 Å². The molecule has 3 rings (SSSR count). The Balaban J connectivity index is 1.74. The first-order chi connectivity index (χ1) is 9.63. The summed E-state index contributed by atoms with van der Waals surface area (Å²) in [6.45, 7) is 3.23. The van der Waals surface area contributed by atoms with E-state index in [1.807, 2.05) is 12.1 Å². The third-order valence-electron chi connectivity index (χ3n) is 3.61. The van der Waals surface area contributed by atoms with Crippen LogP contribution in [0, 0.1) is 6.92 Å². The summed E-state index contributed by atoms with van der Waals surface area (Å²) in [5.74, 6) is 0.582. The molecule has 0 amide bonds. The van der Waals surface area contributed by atoms with Crippen LogP contribution < -0.4 is 0 Å². The van der Waals surface area contributed by atoms with Crippen LogP contribution in [-0.4, -0.2) is 22.0 Å². The van der Waals surface area contributed by atoms with Gasteiger partial charge in [-0.25, -0.2) is 4.79 Å². The molecule has 1 aliphatic rings. The van der Waals surface area contributed by atoms with E-state index in [0.717, 1.165) is 17.9 Å². The van der Waals surface area contributed by atoms with E-state index < -0.39 is 5.97 Å². The summed E-state index contributed by atoms with van der Waals surface area (Å²) < 4.78 is 10.7. The van der Waals surface area contributed by atoms with E-state index in [1.54, 1.807) is 19.3 Å². The molecule has 5 nitrogen and oxygen atoms in total. The fourth-order valence-corrected chi connectivity index (χ4v) is 2.36. The lowest BCUT2D eigenvalue weighted by molar-refractivity contribution is 0.0661. The van der Waals surface area contributed by atoms with Crippen molar-refractivity contribution in [1.82, 2.24) is 4.90 Å². The molecule has 0 unspecified atom stereocenters. The molecule has 2 heterocycles. The zero-order valence-electron chi connectivity index (χ0n) is 11.3. The van der Waals surface area contributed by atoms with E-state index in [0.29, 0.717) is 18.3 Å². The fourth-order valence-electron chi connectivity index (χ4n) is 2.36. The Kier molecular flexibility index (Phi) is 3.36. The molecule has 0 spiro atoms. The molecule has 0 saturated heterocycles. The van der Waals surface area contributed by atoms with Crippen LogP contribution in [0.3, 0.4) is 0 Å². The third-order valence-corrected chi connectivity index (χ3v) is 3.61. The maximum Gasteiger partial charge on any atom is 0.371 e. The quantitative estimate of drug-likeness (QED) is 0.877. The Morgan fingerprint density at radius 1 is 1.45 bits per heavy atom. The van der Waals surface area contributed by atoms with E-state index in [2.05, 4.69) is 4.90 Å². The molecule has 0 aromatic carbocycles. The summed E-state index contributed by atoms with van der Waals surface area (Å²) in [5, 5.41) is 8.96. The molecule has 1 saturated carbocycles. The van der Waals surface area contributed by atoms with Crippen LogP contribution in [0.25, 0.3) is 0 Å². The number of aromatic carboxylic acids is 1.